The van der Waals surface area contributed by atoms with E-state index in [2.05, 4.69) is 5.43 Å². The maximum Gasteiger partial charge on any atom is 0.343 e. The largest absolute Gasteiger partial charge is 0.462 e. The number of carbonyl (C=O) groups is 3. The van der Waals surface area contributed by atoms with Gasteiger partial charge in [-0.1, -0.05) is 0 Å². The zero-order valence-electron chi connectivity index (χ0n) is 14.7. The lowest BCUT2D eigenvalue weighted by Crippen LogP contribution is -2.28. The Morgan fingerprint density at radius 2 is 1.85 bits per heavy atom. The van der Waals surface area contributed by atoms with Crippen molar-refractivity contribution in [1.82, 2.24) is 4.68 Å². The standard InChI is InChI=1S/C17H16F2N2O6/c1-4-26-17(25)11-6-21(20-8(2)22)15-10(16(11)24)5-13(18)14(19)12(15)7-27-9(3)23/h5-6H,4,7H2,1-3H3,(H,20,22). The smallest absolute Gasteiger partial charge is 0.343 e. The van der Waals surface area contributed by atoms with E-state index in [1.54, 1.807) is 0 Å². The maximum absolute atomic E-state index is 14.3. The van der Waals surface area contributed by atoms with Gasteiger partial charge in [0.1, 0.15) is 12.2 Å². The molecule has 0 saturated carbocycles. The number of ether oxygens (including phenoxy) is 2. The highest BCUT2D eigenvalue weighted by molar-refractivity contribution is 5.95. The second kappa shape index (κ2) is 7.94. The number of fused-ring (bicyclic) bond motifs is 1. The Balaban J connectivity index is 2.89. The molecule has 1 amide bonds. The first-order valence-corrected chi connectivity index (χ1v) is 7.81. The number of rotatable bonds is 5. The van der Waals surface area contributed by atoms with Crippen LogP contribution in [0.3, 0.4) is 0 Å². The van der Waals surface area contributed by atoms with E-state index in [0.717, 1.165) is 24.7 Å². The third-order valence-corrected chi connectivity index (χ3v) is 3.47. The number of amides is 1. The fourth-order valence-electron chi connectivity index (χ4n) is 2.43. The molecule has 0 spiro atoms. The molecule has 0 fully saturated rings. The molecule has 8 nitrogen and oxygen atoms in total. The summed E-state index contributed by atoms with van der Waals surface area (Å²) in [4.78, 5) is 47.2. The molecule has 2 rings (SSSR count). The van der Waals surface area contributed by atoms with Crippen LogP contribution in [0.1, 0.15) is 36.7 Å². The summed E-state index contributed by atoms with van der Waals surface area (Å²) < 4.78 is 38.7. The molecular weight excluding hydrogens is 366 g/mol. The van der Waals surface area contributed by atoms with Crippen molar-refractivity contribution in [2.24, 2.45) is 0 Å². The number of benzene rings is 1. The summed E-state index contributed by atoms with van der Waals surface area (Å²) in [7, 11) is 0. The molecule has 0 unspecified atom stereocenters. The van der Waals surface area contributed by atoms with Crippen molar-refractivity contribution in [3.05, 3.63) is 45.2 Å². The highest BCUT2D eigenvalue weighted by Crippen LogP contribution is 2.24. The van der Waals surface area contributed by atoms with Crippen LogP contribution in [0.25, 0.3) is 10.9 Å². The van der Waals surface area contributed by atoms with Crippen molar-refractivity contribution >= 4 is 28.7 Å². The third kappa shape index (κ3) is 4.10. The summed E-state index contributed by atoms with van der Waals surface area (Å²) in [5, 5.41) is -0.393. The van der Waals surface area contributed by atoms with Crippen molar-refractivity contribution in [3.63, 3.8) is 0 Å². The van der Waals surface area contributed by atoms with Gasteiger partial charge in [-0.3, -0.25) is 24.5 Å². The second-order valence-electron chi connectivity index (χ2n) is 5.46. The van der Waals surface area contributed by atoms with Crippen LogP contribution in [0.2, 0.25) is 0 Å². The molecule has 0 radical (unpaired) electrons. The van der Waals surface area contributed by atoms with Crippen LogP contribution in [0, 0.1) is 11.6 Å². The Morgan fingerprint density at radius 1 is 1.19 bits per heavy atom. The van der Waals surface area contributed by atoms with Gasteiger partial charge in [0.15, 0.2) is 11.6 Å². The lowest BCUT2D eigenvalue weighted by Gasteiger charge is -2.17. The minimum atomic E-state index is -1.38. The number of carbonyl (C=O) groups excluding carboxylic acids is 3. The van der Waals surface area contributed by atoms with Crippen molar-refractivity contribution in [2.45, 2.75) is 27.4 Å². The molecule has 0 atom stereocenters. The van der Waals surface area contributed by atoms with Crippen molar-refractivity contribution < 1.29 is 32.6 Å². The van der Waals surface area contributed by atoms with Gasteiger partial charge in [-0.25, -0.2) is 13.6 Å². The third-order valence-electron chi connectivity index (χ3n) is 3.47. The lowest BCUT2D eigenvalue weighted by molar-refractivity contribution is -0.142. The van der Waals surface area contributed by atoms with Crippen LogP contribution in [0.5, 0.6) is 0 Å². The average molecular weight is 382 g/mol. The van der Waals surface area contributed by atoms with Crippen molar-refractivity contribution in [2.75, 3.05) is 12.0 Å². The van der Waals surface area contributed by atoms with E-state index < -0.39 is 58.0 Å². The highest BCUT2D eigenvalue weighted by Gasteiger charge is 2.23. The lowest BCUT2D eigenvalue weighted by atomic mass is 10.1. The first-order chi connectivity index (χ1) is 12.7. The fraction of sp³-hybridized carbons (Fsp3) is 0.294. The van der Waals surface area contributed by atoms with Gasteiger partial charge in [-0.2, -0.15) is 0 Å². The van der Waals surface area contributed by atoms with Gasteiger partial charge in [-0.15, -0.1) is 0 Å². The monoisotopic (exact) mass is 382 g/mol. The number of aromatic nitrogens is 1. The van der Waals surface area contributed by atoms with Gasteiger partial charge < -0.3 is 9.47 Å². The minimum Gasteiger partial charge on any atom is -0.462 e. The number of halogens is 2. The Kier molecular flexibility index (Phi) is 5.88. The van der Waals surface area contributed by atoms with E-state index in [1.165, 1.54) is 6.92 Å². The van der Waals surface area contributed by atoms with E-state index in [9.17, 15) is 28.0 Å². The number of hydrogen-bond donors (Lipinski definition) is 1. The summed E-state index contributed by atoms with van der Waals surface area (Å²) in [6.45, 7) is 3.02. The summed E-state index contributed by atoms with van der Waals surface area (Å²) in [6.07, 6.45) is 0.943. The molecule has 10 heteroatoms. The van der Waals surface area contributed by atoms with Gasteiger partial charge >= 0.3 is 11.9 Å². The molecule has 1 N–H and O–H groups in total. The topological polar surface area (TPSA) is 104 Å². The molecule has 1 heterocycles. The van der Waals surface area contributed by atoms with Crippen molar-refractivity contribution in [1.29, 1.82) is 0 Å². The van der Waals surface area contributed by atoms with Gasteiger partial charge in [0, 0.05) is 20.0 Å². The Labute approximate surface area is 151 Å². The molecule has 2 aromatic rings. The molecule has 0 bridgehead atoms. The van der Waals surface area contributed by atoms with E-state index in [0.29, 0.717) is 6.07 Å². The summed E-state index contributed by atoms with van der Waals surface area (Å²) >= 11 is 0. The predicted molar refractivity (Wildman–Crippen MR) is 89.6 cm³/mol. The Bertz CT molecular complexity index is 999. The molecule has 0 saturated heterocycles. The van der Waals surface area contributed by atoms with E-state index >= 15 is 0 Å². The van der Waals surface area contributed by atoms with Gasteiger partial charge in [-0.05, 0) is 13.0 Å². The van der Waals surface area contributed by atoms with Crippen LogP contribution >= 0.6 is 0 Å². The summed E-state index contributed by atoms with van der Waals surface area (Å²) in [6, 6.07) is 0.602. The zero-order valence-corrected chi connectivity index (χ0v) is 14.7. The first-order valence-electron chi connectivity index (χ1n) is 7.81. The van der Waals surface area contributed by atoms with Crippen LogP contribution in [0.15, 0.2) is 17.1 Å². The molecule has 0 aliphatic rings. The normalized spacial score (nSPS) is 10.6. The number of nitrogens with zero attached hydrogens (tertiary/aromatic N) is 1. The zero-order chi connectivity index (χ0) is 20.3. The van der Waals surface area contributed by atoms with E-state index in [4.69, 9.17) is 9.47 Å². The number of nitrogens with one attached hydrogen (secondary N) is 1. The van der Waals surface area contributed by atoms with Crippen LogP contribution in [0.4, 0.5) is 8.78 Å². The minimum absolute atomic E-state index is 0.0219. The fourth-order valence-corrected chi connectivity index (χ4v) is 2.43. The van der Waals surface area contributed by atoms with Gasteiger partial charge in [0.05, 0.1) is 23.1 Å². The Hall–Kier alpha value is -3.30. The van der Waals surface area contributed by atoms with Crippen molar-refractivity contribution in [3.8, 4) is 0 Å². The SMILES string of the molecule is CCOC(=O)c1cn(NC(C)=O)c2c(COC(C)=O)c(F)c(F)cc2c1=O. The number of hydrogen-bond acceptors (Lipinski definition) is 6. The summed E-state index contributed by atoms with van der Waals surface area (Å²) in [5.41, 5.74) is 0.164. The summed E-state index contributed by atoms with van der Waals surface area (Å²) in [5.74, 6) is -5.10. The molecular formula is C17H16F2N2O6. The molecule has 0 aliphatic heterocycles. The second-order valence-corrected chi connectivity index (χ2v) is 5.46. The predicted octanol–water partition coefficient (Wildman–Crippen LogP) is 1.61. The van der Waals surface area contributed by atoms with E-state index in [-0.39, 0.29) is 12.1 Å². The number of pyridine rings is 1. The molecule has 1 aromatic heterocycles. The van der Waals surface area contributed by atoms with Gasteiger partial charge in [0.2, 0.25) is 11.3 Å². The van der Waals surface area contributed by atoms with E-state index in [1.807, 2.05) is 0 Å². The number of esters is 2. The molecule has 144 valence electrons. The molecule has 0 aliphatic carbocycles. The van der Waals surface area contributed by atoms with Crippen LogP contribution in [-0.4, -0.2) is 29.1 Å². The first kappa shape index (κ1) is 20.0. The maximum atomic E-state index is 14.3. The average Bonchev–Trinajstić information content (AvgIpc) is 2.57. The Morgan fingerprint density at radius 3 is 2.41 bits per heavy atom. The van der Waals surface area contributed by atoms with Gasteiger partial charge in [0.25, 0.3) is 0 Å². The van der Waals surface area contributed by atoms with Crippen LogP contribution < -0.4 is 10.9 Å². The quantitative estimate of drug-likeness (QED) is 0.788. The molecule has 27 heavy (non-hydrogen) atoms. The molecule has 1 aromatic carbocycles. The van der Waals surface area contributed by atoms with Crippen LogP contribution in [-0.2, 0) is 25.7 Å². The highest BCUT2D eigenvalue weighted by atomic mass is 19.2.